The molecule has 41 heavy (non-hydrogen) atoms. The summed E-state index contributed by atoms with van der Waals surface area (Å²) in [6.07, 6.45) is 48.9. The Bertz CT molecular complexity index is 634. The van der Waals surface area contributed by atoms with Crippen molar-refractivity contribution >= 4 is 0 Å². The molecule has 2 nitrogen and oxygen atoms in total. The van der Waals surface area contributed by atoms with Crippen LogP contribution in [0.3, 0.4) is 0 Å². The van der Waals surface area contributed by atoms with Crippen LogP contribution in [0.2, 0.25) is 0 Å². The molecule has 242 valence electrons. The number of aryl methyl sites for hydroxylation is 2. The van der Waals surface area contributed by atoms with Gasteiger partial charge in [0.15, 0.2) is 0 Å². The van der Waals surface area contributed by atoms with Crippen molar-refractivity contribution in [2.24, 2.45) is 0 Å². The maximum atomic E-state index is 2.63. The maximum Gasteiger partial charge on any atom is 0.256 e. The van der Waals surface area contributed by atoms with E-state index in [0.717, 1.165) is 0 Å². The monoisotopic (exact) mass is 574 g/mol. The molecular weight excluding hydrogens is 496 g/mol. The first-order valence-corrected chi connectivity index (χ1v) is 19.4. The normalized spacial score (nSPS) is 11.6. The van der Waals surface area contributed by atoms with Crippen LogP contribution in [0.25, 0.3) is 0 Å². The second-order valence-electron chi connectivity index (χ2n) is 13.4. The van der Waals surface area contributed by atoms with E-state index in [9.17, 15) is 0 Å². The van der Waals surface area contributed by atoms with E-state index in [-0.39, 0.29) is 0 Å². The van der Waals surface area contributed by atoms with Gasteiger partial charge in [-0.05, 0) is 32.1 Å². The number of aromatic nitrogens is 2. The average molecular weight is 574 g/mol. The Morgan fingerprint density at radius 1 is 0.415 bits per heavy atom. The van der Waals surface area contributed by atoms with Gasteiger partial charge in [-0.25, -0.2) is 9.13 Å². The molecule has 2 heteroatoms. The van der Waals surface area contributed by atoms with Crippen LogP contribution in [0.5, 0.6) is 0 Å². The van der Waals surface area contributed by atoms with Crippen LogP contribution >= 0.6 is 0 Å². The summed E-state index contributed by atoms with van der Waals surface area (Å²) in [5.74, 6) is 1.62. The van der Waals surface area contributed by atoms with Crippen LogP contribution in [-0.4, -0.2) is 4.57 Å². The van der Waals surface area contributed by atoms with Crippen molar-refractivity contribution < 1.29 is 4.57 Å². The van der Waals surface area contributed by atoms with Gasteiger partial charge in [0.25, 0.3) is 5.82 Å². The second-order valence-corrected chi connectivity index (χ2v) is 13.4. The fraction of sp³-hybridized carbons (Fsp3) is 0.923. The van der Waals surface area contributed by atoms with E-state index in [1.165, 1.54) is 212 Å². The summed E-state index contributed by atoms with van der Waals surface area (Å²) in [7, 11) is 0. The Morgan fingerprint density at radius 2 is 0.756 bits per heavy atom. The molecule has 1 aromatic rings. The molecule has 1 rings (SSSR count). The average Bonchev–Trinajstić information content (AvgIpc) is 3.37. The molecule has 0 atom stereocenters. The van der Waals surface area contributed by atoms with E-state index >= 15 is 0 Å². The minimum atomic E-state index is 1.23. The molecule has 0 aliphatic carbocycles. The maximum absolute atomic E-state index is 2.63. The molecule has 0 saturated heterocycles. The van der Waals surface area contributed by atoms with Crippen molar-refractivity contribution in [1.82, 2.24) is 4.57 Å². The SMILES string of the molecule is CCCCCCCCCCCCC[n+]1ccn(CCCCCCCCCCCC)c1CCCCCCCCCCC. The first-order valence-electron chi connectivity index (χ1n) is 19.4. The Morgan fingerprint density at radius 3 is 1.17 bits per heavy atom. The molecule has 0 bridgehead atoms. The van der Waals surface area contributed by atoms with Gasteiger partial charge in [0.2, 0.25) is 0 Å². The van der Waals surface area contributed by atoms with Crippen LogP contribution in [-0.2, 0) is 19.5 Å². The van der Waals surface area contributed by atoms with Crippen LogP contribution in [0.1, 0.15) is 219 Å². The predicted molar refractivity (Wildman–Crippen MR) is 184 cm³/mol. The van der Waals surface area contributed by atoms with Crippen molar-refractivity contribution in [1.29, 1.82) is 0 Å². The van der Waals surface area contributed by atoms with Crippen LogP contribution in [0, 0.1) is 0 Å². The standard InChI is InChI=1S/C39H77N2/c1-4-7-10-13-16-19-21-24-27-30-33-36-41-38-37-40(35-32-29-26-23-20-17-14-11-8-5-2)39(41)34-31-28-25-22-18-15-12-9-6-3/h37-38H,4-36H2,1-3H3/q+1. The van der Waals surface area contributed by atoms with Gasteiger partial charge in [-0.1, -0.05) is 181 Å². The summed E-state index contributed by atoms with van der Waals surface area (Å²) in [6.45, 7) is 9.40. The summed E-state index contributed by atoms with van der Waals surface area (Å²) in [5, 5.41) is 0. The number of rotatable bonds is 33. The van der Waals surface area contributed by atoms with Crippen molar-refractivity contribution in [3.8, 4) is 0 Å². The molecule has 0 aromatic carbocycles. The molecule has 0 aliphatic rings. The number of hydrogen-bond donors (Lipinski definition) is 0. The van der Waals surface area contributed by atoms with E-state index in [1.807, 2.05) is 0 Å². The van der Waals surface area contributed by atoms with E-state index < -0.39 is 0 Å². The minimum absolute atomic E-state index is 1.23. The molecular formula is C39H77N2+. The highest BCUT2D eigenvalue weighted by Crippen LogP contribution is 2.15. The van der Waals surface area contributed by atoms with Crippen LogP contribution < -0.4 is 4.57 Å². The summed E-state index contributed by atoms with van der Waals surface area (Å²) in [4.78, 5) is 0. The molecule has 1 heterocycles. The van der Waals surface area contributed by atoms with Gasteiger partial charge < -0.3 is 0 Å². The smallest absolute Gasteiger partial charge is 0.234 e. The molecule has 0 unspecified atom stereocenters. The summed E-state index contributed by atoms with van der Waals surface area (Å²) >= 11 is 0. The minimum Gasteiger partial charge on any atom is -0.234 e. The molecule has 0 aliphatic heterocycles. The van der Waals surface area contributed by atoms with E-state index in [2.05, 4.69) is 42.3 Å². The van der Waals surface area contributed by atoms with E-state index in [1.54, 1.807) is 5.82 Å². The lowest BCUT2D eigenvalue weighted by Gasteiger charge is -2.07. The van der Waals surface area contributed by atoms with Crippen molar-refractivity contribution in [3.63, 3.8) is 0 Å². The number of hydrogen-bond acceptors (Lipinski definition) is 0. The third kappa shape index (κ3) is 23.4. The highest BCUT2D eigenvalue weighted by molar-refractivity contribution is 4.84. The molecule has 0 fully saturated rings. The highest BCUT2D eigenvalue weighted by Gasteiger charge is 2.16. The lowest BCUT2D eigenvalue weighted by atomic mass is 10.1. The van der Waals surface area contributed by atoms with Gasteiger partial charge in [-0.15, -0.1) is 0 Å². The zero-order chi connectivity index (χ0) is 29.5. The zero-order valence-corrected chi connectivity index (χ0v) is 28.9. The molecule has 0 spiro atoms. The third-order valence-electron chi connectivity index (χ3n) is 9.35. The first-order chi connectivity index (χ1) is 20.3. The molecule has 0 N–H and O–H groups in total. The Balaban J connectivity index is 2.32. The van der Waals surface area contributed by atoms with Crippen molar-refractivity contribution in [2.45, 2.75) is 233 Å². The topological polar surface area (TPSA) is 8.81 Å². The Kier molecular flexibility index (Phi) is 28.6. The quantitative estimate of drug-likeness (QED) is 0.0584. The fourth-order valence-electron chi connectivity index (χ4n) is 6.50. The van der Waals surface area contributed by atoms with Gasteiger partial charge in [-0.2, -0.15) is 0 Å². The van der Waals surface area contributed by atoms with Crippen LogP contribution in [0.15, 0.2) is 12.4 Å². The predicted octanol–water partition coefficient (Wildman–Crippen LogP) is 13.1. The number of imidazole rings is 1. The van der Waals surface area contributed by atoms with Gasteiger partial charge in [0.05, 0.1) is 13.1 Å². The summed E-state index contributed by atoms with van der Waals surface area (Å²) in [5.41, 5.74) is 0. The lowest BCUT2D eigenvalue weighted by Crippen LogP contribution is -2.37. The molecule has 0 radical (unpaired) electrons. The summed E-state index contributed by atoms with van der Waals surface area (Å²) in [6, 6.07) is 0. The molecule has 0 saturated carbocycles. The summed E-state index contributed by atoms with van der Waals surface area (Å²) < 4.78 is 5.27. The Hall–Kier alpha value is -0.790. The van der Waals surface area contributed by atoms with Gasteiger partial charge in [0, 0.05) is 6.42 Å². The van der Waals surface area contributed by atoms with Gasteiger partial charge in [0.1, 0.15) is 12.4 Å². The van der Waals surface area contributed by atoms with E-state index in [0.29, 0.717) is 0 Å². The van der Waals surface area contributed by atoms with Crippen molar-refractivity contribution in [2.75, 3.05) is 0 Å². The largest absolute Gasteiger partial charge is 0.256 e. The molecule has 1 aromatic heterocycles. The highest BCUT2D eigenvalue weighted by atomic mass is 15.1. The molecule has 0 amide bonds. The zero-order valence-electron chi connectivity index (χ0n) is 28.9. The first kappa shape index (κ1) is 38.2. The lowest BCUT2D eigenvalue weighted by molar-refractivity contribution is -0.704. The Labute approximate surface area is 259 Å². The van der Waals surface area contributed by atoms with Crippen molar-refractivity contribution in [3.05, 3.63) is 18.2 Å². The van der Waals surface area contributed by atoms with Crippen LogP contribution in [0.4, 0.5) is 0 Å². The number of nitrogens with zero attached hydrogens (tertiary/aromatic N) is 2. The second kappa shape index (κ2) is 30.7. The van der Waals surface area contributed by atoms with Gasteiger partial charge >= 0.3 is 0 Å². The third-order valence-corrected chi connectivity index (χ3v) is 9.35. The van der Waals surface area contributed by atoms with Gasteiger partial charge in [-0.3, -0.25) is 0 Å². The van der Waals surface area contributed by atoms with E-state index in [4.69, 9.17) is 0 Å². The number of unbranched alkanes of at least 4 members (excludes halogenated alkanes) is 27. The fourth-order valence-corrected chi connectivity index (χ4v) is 6.50.